The zero-order valence-electron chi connectivity index (χ0n) is 13.6. The second kappa shape index (κ2) is 8.40. The van der Waals surface area contributed by atoms with E-state index in [1.807, 2.05) is 0 Å². The summed E-state index contributed by atoms with van der Waals surface area (Å²) in [5.74, 6) is -1.67. The van der Waals surface area contributed by atoms with Crippen molar-refractivity contribution in [3.63, 3.8) is 0 Å². The predicted octanol–water partition coefficient (Wildman–Crippen LogP) is 1.88. The lowest BCUT2D eigenvalue weighted by atomic mass is 9.97. The summed E-state index contributed by atoms with van der Waals surface area (Å²) in [6.07, 6.45) is 1.33. The maximum Gasteiger partial charge on any atom is 0.338 e. The van der Waals surface area contributed by atoms with Crippen LogP contribution in [0.15, 0.2) is 12.1 Å². The molecule has 1 fully saturated rings. The number of piperidine rings is 1. The SMILES string of the molecule is COc1c(Cl)cc(C(=O)OCC(=O)N2CCC[C@@H](C(N)=O)C2)cc1Cl. The van der Waals surface area contributed by atoms with Gasteiger partial charge in [0.25, 0.3) is 5.91 Å². The van der Waals surface area contributed by atoms with Crippen LogP contribution in [0.2, 0.25) is 10.0 Å². The fourth-order valence-electron chi connectivity index (χ4n) is 2.61. The molecule has 1 aromatic carbocycles. The summed E-state index contributed by atoms with van der Waals surface area (Å²) >= 11 is 11.9. The number of carbonyl (C=O) groups excluding carboxylic acids is 3. The quantitative estimate of drug-likeness (QED) is 0.776. The number of esters is 1. The lowest BCUT2D eigenvalue weighted by Crippen LogP contribution is -2.45. The van der Waals surface area contributed by atoms with E-state index in [2.05, 4.69) is 0 Å². The second-order valence-electron chi connectivity index (χ2n) is 5.63. The van der Waals surface area contributed by atoms with E-state index in [9.17, 15) is 14.4 Å². The Hall–Kier alpha value is -1.99. The monoisotopic (exact) mass is 388 g/mol. The topological polar surface area (TPSA) is 98.9 Å². The maximum absolute atomic E-state index is 12.2. The molecule has 9 heteroatoms. The number of hydrogen-bond acceptors (Lipinski definition) is 5. The van der Waals surface area contributed by atoms with Crippen molar-refractivity contribution < 1.29 is 23.9 Å². The molecule has 136 valence electrons. The molecule has 1 saturated heterocycles. The molecule has 0 unspecified atom stereocenters. The molecule has 0 aliphatic carbocycles. The Balaban J connectivity index is 1.95. The summed E-state index contributed by atoms with van der Waals surface area (Å²) in [7, 11) is 1.40. The van der Waals surface area contributed by atoms with Crippen molar-refractivity contribution in [2.45, 2.75) is 12.8 Å². The highest BCUT2D eigenvalue weighted by atomic mass is 35.5. The van der Waals surface area contributed by atoms with Crippen LogP contribution in [0.3, 0.4) is 0 Å². The minimum Gasteiger partial charge on any atom is -0.494 e. The first-order valence-electron chi connectivity index (χ1n) is 7.60. The smallest absolute Gasteiger partial charge is 0.338 e. The van der Waals surface area contributed by atoms with E-state index >= 15 is 0 Å². The van der Waals surface area contributed by atoms with Crippen LogP contribution < -0.4 is 10.5 Å². The third-order valence-electron chi connectivity index (χ3n) is 3.94. The van der Waals surface area contributed by atoms with Gasteiger partial charge in [-0.1, -0.05) is 23.2 Å². The van der Waals surface area contributed by atoms with Crippen molar-refractivity contribution in [3.05, 3.63) is 27.7 Å². The molecule has 1 atom stereocenters. The summed E-state index contributed by atoms with van der Waals surface area (Å²) in [6, 6.07) is 2.70. The van der Waals surface area contributed by atoms with Gasteiger partial charge in [0, 0.05) is 13.1 Å². The lowest BCUT2D eigenvalue weighted by Gasteiger charge is -2.31. The van der Waals surface area contributed by atoms with Crippen LogP contribution in [0.5, 0.6) is 5.75 Å². The first-order chi connectivity index (χ1) is 11.8. The maximum atomic E-state index is 12.2. The van der Waals surface area contributed by atoms with E-state index in [0.29, 0.717) is 19.4 Å². The Bertz CT molecular complexity index is 672. The normalized spacial score (nSPS) is 17.1. The highest BCUT2D eigenvalue weighted by Gasteiger charge is 2.27. The molecular weight excluding hydrogens is 371 g/mol. The molecule has 2 amide bonds. The summed E-state index contributed by atoms with van der Waals surface area (Å²) in [6.45, 7) is 0.303. The average molecular weight is 389 g/mol. The van der Waals surface area contributed by atoms with Gasteiger partial charge in [0.15, 0.2) is 12.4 Å². The van der Waals surface area contributed by atoms with Crippen LogP contribution in [0.25, 0.3) is 0 Å². The minimum absolute atomic E-state index is 0.109. The standard InChI is InChI=1S/C16H18Cl2N2O5/c1-24-14-11(17)5-10(6-12(14)18)16(23)25-8-13(21)20-4-2-3-9(7-20)15(19)22/h5-6,9H,2-4,7-8H2,1H3,(H2,19,22)/t9-/m1/s1. The minimum atomic E-state index is -0.733. The van der Waals surface area contributed by atoms with Gasteiger partial charge in [-0.25, -0.2) is 4.79 Å². The van der Waals surface area contributed by atoms with Crippen molar-refractivity contribution in [3.8, 4) is 5.75 Å². The molecule has 2 rings (SSSR count). The molecule has 1 aromatic rings. The third-order valence-corrected chi connectivity index (χ3v) is 4.50. The third kappa shape index (κ3) is 4.76. The number of primary amides is 1. The molecular formula is C16H18Cl2N2O5. The van der Waals surface area contributed by atoms with E-state index in [1.54, 1.807) is 0 Å². The number of methoxy groups -OCH3 is 1. The van der Waals surface area contributed by atoms with Gasteiger partial charge < -0.3 is 20.1 Å². The summed E-state index contributed by atoms with van der Waals surface area (Å²) in [4.78, 5) is 37.0. The highest BCUT2D eigenvalue weighted by Crippen LogP contribution is 2.34. The fraction of sp³-hybridized carbons (Fsp3) is 0.438. The number of hydrogen-bond donors (Lipinski definition) is 1. The average Bonchev–Trinajstić information content (AvgIpc) is 2.59. The Labute approximate surface area is 154 Å². The van der Waals surface area contributed by atoms with Gasteiger partial charge >= 0.3 is 5.97 Å². The number of nitrogens with two attached hydrogens (primary N) is 1. The Morgan fingerprint density at radius 1 is 1.28 bits per heavy atom. The number of carbonyl (C=O) groups is 3. The van der Waals surface area contributed by atoms with Crippen molar-refractivity contribution in [2.75, 3.05) is 26.8 Å². The van der Waals surface area contributed by atoms with Gasteiger partial charge in [0.2, 0.25) is 5.91 Å². The van der Waals surface area contributed by atoms with E-state index in [1.165, 1.54) is 24.1 Å². The zero-order valence-corrected chi connectivity index (χ0v) is 15.1. The molecule has 7 nitrogen and oxygen atoms in total. The first kappa shape index (κ1) is 19.3. The zero-order chi connectivity index (χ0) is 18.6. The fourth-order valence-corrected chi connectivity index (χ4v) is 3.25. The van der Waals surface area contributed by atoms with E-state index in [-0.39, 0.29) is 39.7 Å². The molecule has 2 N–H and O–H groups in total. The molecule has 1 aliphatic rings. The summed E-state index contributed by atoms with van der Waals surface area (Å²) < 4.78 is 10.0. The number of rotatable bonds is 5. The van der Waals surface area contributed by atoms with E-state index in [0.717, 1.165) is 0 Å². The van der Waals surface area contributed by atoms with E-state index in [4.69, 9.17) is 38.4 Å². The van der Waals surface area contributed by atoms with Crippen molar-refractivity contribution in [1.29, 1.82) is 0 Å². The molecule has 0 bridgehead atoms. The van der Waals surface area contributed by atoms with Gasteiger partial charge in [0.05, 0.1) is 28.6 Å². The van der Waals surface area contributed by atoms with Crippen LogP contribution in [-0.4, -0.2) is 49.5 Å². The van der Waals surface area contributed by atoms with Crippen LogP contribution >= 0.6 is 23.2 Å². The Morgan fingerprint density at radius 3 is 2.48 bits per heavy atom. The molecule has 0 saturated carbocycles. The highest BCUT2D eigenvalue weighted by molar-refractivity contribution is 6.37. The molecule has 1 aliphatic heterocycles. The lowest BCUT2D eigenvalue weighted by molar-refractivity contribution is -0.137. The van der Waals surface area contributed by atoms with Crippen LogP contribution in [0.4, 0.5) is 0 Å². The second-order valence-corrected chi connectivity index (χ2v) is 6.44. The predicted molar refractivity (Wildman–Crippen MR) is 91.8 cm³/mol. The van der Waals surface area contributed by atoms with Gasteiger partial charge in [-0.2, -0.15) is 0 Å². The van der Waals surface area contributed by atoms with Crippen molar-refractivity contribution in [2.24, 2.45) is 11.7 Å². The van der Waals surface area contributed by atoms with Crippen molar-refractivity contribution >= 4 is 41.0 Å². The molecule has 25 heavy (non-hydrogen) atoms. The van der Waals surface area contributed by atoms with Crippen LogP contribution in [0.1, 0.15) is 23.2 Å². The molecule has 0 spiro atoms. The van der Waals surface area contributed by atoms with E-state index < -0.39 is 18.5 Å². The Kier molecular flexibility index (Phi) is 6.50. The van der Waals surface area contributed by atoms with Gasteiger partial charge in [0.1, 0.15) is 0 Å². The summed E-state index contributed by atoms with van der Waals surface area (Å²) in [5, 5.41) is 0.321. The summed E-state index contributed by atoms with van der Waals surface area (Å²) in [5.41, 5.74) is 5.39. The van der Waals surface area contributed by atoms with Gasteiger partial charge in [-0.05, 0) is 25.0 Å². The largest absolute Gasteiger partial charge is 0.494 e. The molecule has 0 radical (unpaired) electrons. The number of benzene rings is 1. The number of likely N-dealkylation sites (tertiary alicyclic amines) is 1. The molecule has 0 aromatic heterocycles. The number of nitrogens with zero attached hydrogens (tertiary/aromatic N) is 1. The van der Waals surface area contributed by atoms with Crippen LogP contribution in [-0.2, 0) is 14.3 Å². The van der Waals surface area contributed by atoms with Crippen molar-refractivity contribution in [1.82, 2.24) is 4.90 Å². The molecule has 1 heterocycles. The number of amides is 2. The number of halogens is 2. The van der Waals surface area contributed by atoms with Gasteiger partial charge in [-0.15, -0.1) is 0 Å². The van der Waals surface area contributed by atoms with Crippen LogP contribution in [0, 0.1) is 5.92 Å². The Morgan fingerprint density at radius 2 is 1.92 bits per heavy atom. The first-order valence-corrected chi connectivity index (χ1v) is 8.36. The van der Waals surface area contributed by atoms with Gasteiger partial charge in [-0.3, -0.25) is 9.59 Å². The number of ether oxygens (including phenoxy) is 2.